The Morgan fingerprint density at radius 3 is 2.68 bits per heavy atom. The number of benzene rings is 1. The number of rotatable bonds is 6. The molecule has 3 aromatic rings. The van der Waals surface area contributed by atoms with E-state index in [0.717, 1.165) is 0 Å². The summed E-state index contributed by atoms with van der Waals surface area (Å²) in [5.74, 6) is -0.602. The van der Waals surface area contributed by atoms with Crippen LogP contribution in [0.15, 0.2) is 47.5 Å². The van der Waals surface area contributed by atoms with Crippen molar-refractivity contribution in [1.82, 2.24) is 9.97 Å². The Morgan fingerprint density at radius 2 is 1.96 bits per heavy atom. The van der Waals surface area contributed by atoms with E-state index >= 15 is 0 Å². The Labute approximate surface area is 166 Å². The highest BCUT2D eigenvalue weighted by molar-refractivity contribution is 6.30. The number of halogens is 2. The van der Waals surface area contributed by atoms with Gasteiger partial charge in [-0.05, 0) is 36.8 Å². The lowest BCUT2D eigenvalue weighted by atomic mass is 10.0. The maximum atomic E-state index is 14.3. The van der Waals surface area contributed by atoms with Crippen LogP contribution in [0, 0.1) is 5.82 Å². The van der Waals surface area contributed by atoms with Gasteiger partial charge >= 0.3 is 0 Å². The maximum absolute atomic E-state index is 14.3. The van der Waals surface area contributed by atoms with Crippen molar-refractivity contribution < 1.29 is 9.18 Å². The number of nitrogens with zero attached hydrogens (tertiary/aromatic N) is 1. The lowest BCUT2D eigenvalue weighted by Crippen LogP contribution is -2.15. The fourth-order valence-corrected chi connectivity index (χ4v) is 3.10. The van der Waals surface area contributed by atoms with Crippen LogP contribution in [0.4, 0.5) is 15.8 Å². The number of nitrogens with one attached hydrogen (secondary N) is 2. The number of carbonyl (C=O) groups is 1. The molecule has 0 saturated heterocycles. The molecule has 0 aliphatic rings. The third-order valence-electron chi connectivity index (χ3n) is 4.41. The van der Waals surface area contributed by atoms with Crippen LogP contribution in [0.3, 0.4) is 0 Å². The number of H-pyrrole nitrogens is 1. The van der Waals surface area contributed by atoms with Crippen LogP contribution in [-0.2, 0) is 6.42 Å². The number of aromatic nitrogens is 2. The van der Waals surface area contributed by atoms with Crippen LogP contribution in [-0.4, -0.2) is 15.8 Å². The van der Waals surface area contributed by atoms with Gasteiger partial charge in [0, 0.05) is 35.1 Å². The number of aryl methyl sites for hydroxylation is 1. The van der Waals surface area contributed by atoms with Crippen molar-refractivity contribution in [3.63, 3.8) is 0 Å². The smallest absolute Gasteiger partial charge is 0.256 e. The predicted molar refractivity (Wildman–Crippen MR) is 109 cm³/mol. The number of aromatic amines is 1. The number of ketones is 1. The van der Waals surface area contributed by atoms with Crippen LogP contribution < -0.4 is 10.9 Å². The molecule has 0 bridgehead atoms. The SMILES string of the molecule is CCC(=O)c1cnccc1Nc1cc(-c2cc(Cl)ccc2F)c(=O)[nH]c1CC. The van der Waals surface area contributed by atoms with Crippen molar-refractivity contribution in [3.8, 4) is 11.1 Å². The number of Topliss-reactive ketones (excluding diaryl/α,β-unsaturated/α-hetero) is 1. The molecule has 2 heterocycles. The Kier molecular flexibility index (Phi) is 5.90. The third kappa shape index (κ3) is 3.97. The van der Waals surface area contributed by atoms with E-state index in [-0.39, 0.29) is 16.9 Å². The molecular formula is C21H19ClFN3O2. The molecule has 144 valence electrons. The molecular weight excluding hydrogens is 381 g/mol. The van der Waals surface area contributed by atoms with Crippen molar-refractivity contribution in [3.05, 3.63) is 75.2 Å². The van der Waals surface area contributed by atoms with Crippen LogP contribution in [0.2, 0.25) is 5.02 Å². The monoisotopic (exact) mass is 399 g/mol. The van der Waals surface area contributed by atoms with Gasteiger partial charge in [-0.2, -0.15) is 0 Å². The molecule has 7 heteroatoms. The molecule has 2 N–H and O–H groups in total. The van der Waals surface area contributed by atoms with Crippen LogP contribution in [0.1, 0.15) is 36.3 Å². The summed E-state index contributed by atoms with van der Waals surface area (Å²) in [4.78, 5) is 31.5. The molecule has 2 aromatic heterocycles. The second-order valence-corrected chi connectivity index (χ2v) is 6.64. The highest BCUT2D eigenvalue weighted by atomic mass is 35.5. The molecule has 0 aliphatic heterocycles. The molecule has 1 aromatic carbocycles. The average Bonchev–Trinajstić information content (AvgIpc) is 2.70. The molecule has 0 amide bonds. The molecule has 0 spiro atoms. The summed E-state index contributed by atoms with van der Waals surface area (Å²) >= 11 is 5.98. The first-order chi connectivity index (χ1) is 13.4. The minimum absolute atomic E-state index is 0.0563. The Hall–Kier alpha value is -2.99. The Balaban J connectivity index is 2.13. The van der Waals surface area contributed by atoms with Crippen molar-refractivity contribution >= 4 is 28.8 Å². The van der Waals surface area contributed by atoms with E-state index < -0.39 is 11.4 Å². The zero-order valence-electron chi connectivity index (χ0n) is 15.5. The van der Waals surface area contributed by atoms with Gasteiger partial charge in [-0.3, -0.25) is 14.6 Å². The van der Waals surface area contributed by atoms with E-state index in [4.69, 9.17) is 11.6 Å². The first kappa shape index (κ1) is 19.8. The van der Waals surface area contributed by atoms with Gasteiger partial charge in [-0.15, -0.1) is 0 Å². The van der Waals surface area contributed by atoms with Gasteiger partial charge < -0.3 is 10.3 Å². The van der Waals surface area contributed by atoms with E-state index in [9.17, 15) is 14.0 Å². The van der Waals surface area contributed by atoms with Crippen LogP contribution in [0.5, 0.6) is 0 Å². The molecule has 0 aliphatic carbocycles. The van der Waals surface area contributed by atoms with Gasteiger partial charge in [0.2, 0.25) is 0 Å². The molecule has 0 saturated carbocycles. The zero-order valence-corrected chi connectivity index (χ0v) is 16.2. The van der Waals surface area contributed by atoms with Gasteiger partial charge in [0.25, 0.3) is 5.56 Å². The van der Waals surface area contributed by atoms with Gasteiger partial charge in [-0.25, -0.2) is 4.39 Å². The molecule has 0 atom stereocenters. The van der Waals surface area contributed by atoms with Crippen LogP contribution in [0.25, 0.3) is 11.1 Å². The highest BCUT2D eigenvalue weighted by Gasteiger charge is 2.16. The number of pyridine rings is 2. The molecule has 28 heavy (non-hydrogen) atoms. The quantitative estimate of drug-likeness (QED) is 0.563. The molecule has 0 unspecified atom stereocenters. The Bertz CT molecular complexity index is 1100. The summed E-state index contributed by atoms with van der Waals surface area (Å²) in [5, 5.41) is 3.52. The highest BCUT2D eigenvalue weighted by Crippen LogP contribution is 2.29. The summed E-state index contributed by atoms with van der Waals surface area (Å²) in [6, 6.07) is 7.32. The Morgan fingerprint density at radius 1 is 1.18 bits per heavy atom. The van der Waals surface area contributed by atoms with E-state index in [1.165, 1.54) is 24.4 Å². The zero-order chi connectivity index (χ0) is 20.3. The fraction of sp³-hybridized carbons (Fsp3) is 0.190. The van der Waals surface area contributed by atoms with E-state index in [2.05, 4.69) is 15.3 Å². The second-order valence-electron chi connectivity index (χ2n) is 6.21. The molecule has 0 radical (unpaired) electrons. The lowest BCUT2D eigenvalue weighted by Gasteiger charge is -2.15. The topological polar surface area (TPSA) is 74.8 Å². The van der Waals surface area contributed by atoms with Gasteiger partial charge in [0.15, 0.2) is 5.78 Å². The standard InChI is InChI=1S/C21H19ClFN3O2/c1-3-17-19(25-18-7-8-24-11-15(18)20(27)4-2)10-14(21(28)26-17)13-9-12(22)5-6-16(13)23/h5-11H,3-4H2,1-2H3,(H,24,25)(H,26,28). The van der Waals surface area contributed by atoms with Crippen molar-refractivity contribution in [2.24, 2.45) is 0 Å². The van der Waals surface area contributed by atoms with Crippen LogP contribution >= 0.6 is 11.6 Å². The number of carbonyl (C=O) groups excluding carboxylic acids is 1. The van der Waals surface area contributed by atoms with E-state index in [0.29, 0.717) is 40.5 Å². The fourth-order valence-electron chi connectivity index (χ4n) is 2.92. The van der Waals surface area contributed by atoms with Gasteiger partial charge in [0.1, 0.15) is 5.82 Å². The summed E-state index contributed by atoms with van der Waals surface area (Å²) in [7, 11) is 0. The first-order valence-electron chi connectivity index (χ1n) is 8.90. The summed E-state index contributed by atoms with van der Waals surface area (Å²) in [6.07, 6.45) is 3.95. The minimum atomic E-state index is -0.546. The largest absolute Gasteiger partial charge is 0.353 e. The minimum Gasteiger partial charge on any atom is -0.353 e. The summed E-state index contributed by atoms with van der Waals surface area (Å²) < 4.78 is 14.3. The summed E-state index contributed by atoms with van der Waals surface area (Å²) in [5.41, 5.74) is 2.09. The lowest BCUT2D eigenvalue weighted by molar-refractivity contribution is 0.0988. The molecule has 3 rings (SSSR count). The van der Waals surface area contributed by atoms with Gasteiger partial charge in [-0.1, -0.05) is 25.4 Å². The second kappa shape index (κ2) is 8.35. The maximum Gasteiger partial charge on any atom is 0.256 e. The number of anilines is 2. The van der Waals surface area contributed by atoms with E-state index in [1.807, 2.05) is 6.92 Å². The molecule has 0 fully saturated rings. The van der Waals surface area contributed by atoms with E-state index in [1.54, 1.807) is 25.3 Å². The third-order valence-corrected chi connectivity index (χ3v) is 4.64. The van der Waals surface area contributed by atoms with Crippen molar-refractivity contribution in [1.29, 1.82) is 0 Å². The predicted octanol–water partition coefficient (Wildman–Crippen LogP) is 5.13. The van der Waals surface area contributed by atoms with Gasteiger partial charge in [0.05, 0.1) is 22.5 Å². The summed E-state index contributed by atoms with van der Waals surface area (Å²) in [6.45, 7) is 3.66. The average molecular weight is 400 g/mol. The van der Waals surface area contributed by atoms with Crippen molar-refractivity contribution in [2.75, 3.05) is 5.32 Å². The first-order valence-corrected chi connectivity index (χ1v) is 9.28. The normalized spacial score (nSPS) is 10.7. The van der Waals surface area contributed by atoms with Crippen molar-refractivity contribution in [2.45, 2.75) is 26.7 Å². The molecule has 5 nitrogen and oxygen atoms in total. The number of hydrogen-bond donors (Lipinski definition) is 2. The number of hydrogen-bond acceptors (Lipinski definition) is 4.